The van der Waals surface area contributed by atoms with Gasteiger partial charge in [-0.05, 0) is 50.0 Å². The van der Waals surface area contributed by atoms with Crippen LogP contribution >= 0.6 is 22.6 Å². The van der Waals surface area contributed by atoms with Gasteiger partial charge in [-0.3, -0.25) is 14.5 Å². The van der Waals surface area contributed by atoms with Gasteiger partial charge in [0.25, 0.3) is 11.8 Å². The highest BCUT2D eigenvalue weighted by molar-refractivity contribution is 14.1. The van der Waals surface area contributed by atoms with E-state index in [9.17, 15) is 28.0 Å². The number of carbonyl (C=O) groups is 2. The summed E-state index contributed by atoms with van der Waals surface area (Å²) in [5.41, 5.74) is 1.95. The summed E-state index contributed by atoms with van der Waals surface area (Å²) < 4.78 is 39.8. The van der Waals surface area contributed by atoms with Crippen molar-refractivity contribution in [2.24, 2.45) is 0 Å². The van der Waals surface area contributed by atoms with Gasteiger partial charge in [0.1, 0.15) is 11.6 Å². The van der Waals surface area contributed by atoms with Gasteiger partial charge < -0.3 is 4.57 Å². The van der Waals surface area contributed by atoms with Gasteiger partial charge in [0.2, 0.25) is 0 Å². The Morgan fingerprint density at radius 2 is 1.94 bits per heavy atom. The average molecular weight is 547 g/mol. The number of hydrogen-bond acceptors (Lipinski definition) is 3. The first kappa shape index (κ1) is 25.2. The molecule has 0 fully saturated rings. The van der Waals surface area contributed by atoms with Crippen LogP contribution in [-0.2, 0) is 16.1 Å². The Morgan fingerprint density at radius 1 is 1.26 bits per heavy atom. The van der Waals surface area contributed by atoms with Crippen LogP contribution in [0.25, 0.3) is 6.08 Å². The number of nitrogens with zero attached hydrogens (tertiary/aromatic N) is 3. The molecule has 0 spiro atoms. The number of aromatic nitrogens is 1. The van der Waals surface area contributed by atoms with E-state index in [2.05, 4.69) is 29.5 Å². The van der Waals surface area contributed by atoms with Gasteiger partial charge in [-0.1, -0.05) is 35.9 Å². The van der Waals surface area contributed by atoms with E-state index in [-0.39, 0.29) is 40.2 Å². The third kappa shape index (κ3) is 5.99. The van der Waals surface area contributed by atoms with Crippen molar-refractivity contribution < 1.29 is 22.8 Å². The summed E-state index contributed by atoms with van der Waals surface area (Å²) in [7, 11) is 0. The number of imide groups is 1. The lowest BCUT2D eigenvalue weighted by Gasteiger charge is -2.26. The Balaban J connectivity index is 2.52. The minimum atomic E-state index is -4.23. The van der Waals surface area contributed by atoms with Crippen molar-refractivity contribution in [1.82, 2.24) is 9.47 Å². The second kappa shape index (κ2) is 10.5. The molecule has 1 aliphatic heterocycles. The number of aryl methyl sites for hydroxylation is 1. The summed E-state index contributed by atoms with van der Waals surface area (Å²) in [6.07, 6.45) is 0.0741. The maximum atomic E-state index is 12.9. The second-order valence-electron chi connectivity index (χ2n) is 7.39. The fraction of sp³-hybridized carbons (Fsp3) is 0.500. The summed E-state index contributed by atoms with van der Waals surface area (Å²) >= 11 is 2.30. The van der Waals surface area contributed by atoms with Crippen molar-refractivity contribution in [3.63, 3.8) is 0 Å². The minimum absolute atomic E-state index is 0.0841. The van der Waals surface area contributed by atoms with Crippen LogP contribution in [0.15, 0.2) is 29.0 Å². The number of rotatable bonds is 8. The van der Waals surface area contributed by atoms with Crippen LogP contribution in [0.4, 0.5) is 13.2 Å². The fourth-order valence-corrected chi connectivity index (χ4v) is 4.43. The van der Waals surface area contributed by atoms with Crippen LogP contribution in [0.5, 0.6) is 0 Å². The Hall–Kier alpha value is -2.09. The lowest BCUT2D eigenvalue weighted by molar-refractivity contribution is -0.140. The number of carbonyl (C=O) groups excluding carboxylic acids is 2. The molecule has 9 heteroatoms. The summed E-state index contributed by atoms with van der Waals surface area (Å²) in [6, 6.07) is 3.74. The molecular formula is C22H25F3IN3O2. The Kier molecular flexibility index (Phi) is 8.51. The number of amides is 2. The first-order chi connectivity index (χ1) is 14.5. The molecule has 1 unspecified atom stereocenters. The van der Waals surface area contributed by atoms with Gasteiger partial charge in [-0.2, -0.15) is 18.4 Å². The third-order valence-corrected chi connectivity index (χ3v) is 6.49. The number of hydrogen-bond donors (Lipinski definition) is 0. The molecule has 0 bridgehead atoms. The molecule has 0 saturated heterocycles. The maximum Gasteiger partial charge on any atom is 0.389 e. The molecule has 31 heavy (non-hydrogen) atoms. The van der Waals surface area contributed by atoms with Gasteiger partial charge in [-0.25, -0.2) is 0 Å². The number of nitriles is 1. The minimum Gasteiger partial charge on any atom is -0.348 e. The largest absolute Gasteiger partial charge is 0.389 e. The summed E-state index contributed by atoms with van der Waals surface area (Å²) in [5.74, 6) is -1.13. The van der Waals surface area contributed by atoms with E-state index in [1.807, 2.05) is 18.3 Å². The summed E-state index contributed by atoms with van der Waals surface area (Å²) in [4.78, 5) is 26.2. The molecule has 0 N–H and O–H groups in total. The van der Waals surface area contributed by atoms with Crippen molar-refractivity contribution in [3.05, 3.63) is 40.2 Å². The third-order valence-electron chi connectivity index (χ3n) is 5.15. The molecule has 1 aliphatic rings. The van der Waals surface area contributed by atoms with E-state index in [4.69, 9.17) is 0 Å². The van der Waals surface area contributed by atoms with Crippen LogP contribution in [0.2, 0.25) is 0 Å². The Bertz CT molecular complexity index is 954. The second-order valence-corrected chi connectivity index (χ2v) is 8.89. The van der Waals surface area contributed by atoms with E-state index in [0.29, 0.717) is 5.69 Å². The molecule has 168 valence electrons. The molecule has 1 aromatic heterocycles. The van der Waals surface area contributed by atoms with Crippen LogP contribution in [0, 0.1) is 11.3 Å². The molecular weight excluding hydrogens is 522 g/mol. The van der Waals surface area contributed by atoms with Crippen molar-refractivity contribution in [3.8, 4) is 6.07 Å². The molecule has 0 aromatic carbocycles. The van der Waals surface area contributed by atoms with Gasteiger partial charge in [-0.15, -0.1) is 0 Å². The summed E-state index contributed by atoms with van der Waals surface area (Å²) in [6.45, 7) is 5.52. The molecule has 5 nitrogen and oxygen atoms in total. The van der Waals surface area contributed by atoms with Crippen molar-refractivity contribution in [1.29, 1.82) is 5.26 Å². The van der Waals surface area contributed by atoms with E-state index in [0.717, 1.165) is 23.3 Å². The van der Waals surface area contributed by atoms with Crippen LogP contribution < -0.4 is 0 Å². The van der Waals surface area contributed by atoms with Crippen molar-refractivity contribution in [2.75, 3.05) is 6.54 Å². The topological polar surface area (TPSA) is 66.1 Å². The van der Waals surface area contributed by atoms with Gasteiger partial charge in [0.15, 0.2) is 0 Å². The number of halogens is 4. The lowest BCUT2D eigenvalue weighted by atomic mass is 9.94. The highest BCUT2D eigenvalue weighted by Gasteiger charge is 2.34. The zero-order valence-electron chi connectivity index (χ0n) is 17.7. The van der Waals surface area contributed by atoms with Gasteiger partial charge in [0.05, 0.1) is 0 Å². The maximum absolute atomic E-state index is 12.9. The van der Waals surface area contributed by atoms with E-state index < -0.39 is 24.4 Å². The predicted molar refractivity (Wildman–Crippen MR) is 120 cm³/mol. The Morgan fingerprint density at radius 3 is 2.48 bits per heavy atom. The average Bonchev–Trinajstić information content (AvgIpc) is 3.08. The number of alkyl halides is 4. The smallest absolute Gasteiger partial charge is 0.348 e. The first-order valence-electron chi connectivity index (χ1n) is 10.1. The SMILES string of the molecule is CCCC(I)c1cc(/C=C2/C(=O)N(CC)C(=O)C(C#N)=C2C)n(CCCC(F)(F)F)c1. The molecule has 0 radical (unpaired) electrons. The van der Waals surface area contributed by atoms with Crippen molar-refractivity contribution >= 4 is 40.5 Å². The monoisotopic (exact) mass is 547 g/mol. The van der Waals surface area contributed by atoms with E-state index in [1.165, 1.54) is 0 Å². The zero-order chi connectivity index (χ0) is 23.3. The van der Waals surface area contributed by atoms with E-state index >= 15 is 0 Å². The molecule has 0 aliphatic carbocycles. The Labute approximate surface area is 193 Å². The molecule has 2 heterocycles. The van der Waals surface area contributed by atoms with Crippen LogP contribution in [0.3, 0.4) is 0 Å². The molecule has 2 amide bonds. The van der Waals surface area contributed by atoms with Crippen molar-refractivity contribution in [2.45, 2.75) is 63.1 Å². The van der Waals surface area contributed by atoms with Gasteiger partial charge in [0, 0.05) is 40.9 Å². The quantitative estimate of drug-likeness (QED) is 0.181. The van der Waals surface area contributed by atoms with Crippen LogP contribution in [-0.4, -0.2) is 34.0 Å². The van der Waals surface area contributed by atoms with Crippen LogP contribution in [0.1, 0.15) is 61.6 Å². The summed E-state index contributed by atoms with van der Waals surface area (Å²) in [5, 5.41) is 9.39. The molecule has 1 atom stereocenters. The number of likely N-dealkylation sites (N-methyl/N-ethyl adjacent to an activating group) is 1. The molecule has 1 aromatic rings. The molecule has 0 saturated carbocycles. The highest BCUT2D eigenvalue weighted by Crippen LogP contribution is 2.33. The first-order valence-corrected chi connectivity index (χ1v) is 11.4. The zero-order valence-corrected chi connectivity index (χ0v) is 19.9. The predicted octanol–water partition coefficient (Wildman–Crippen LogP) is 5.72. The highest BCUT2D eigenvalue weighted by atomic mass is 127. The lowest BCUT2D eigenvalue weighted by Crippen LogP contribution is -2.42. The van der Waals surface area contributed by atoms with E-state index in [1.54, 1.807) is 24.5 Å². The fourth-order valence-electron chi connectivity index (χ4n) is 3.47. The van der Waals surface area contributed by atoms with Gasteiger partial charge >= 0.3 is 6.18 Å². The standard InChI is InChI=1S/C22H25F3IN3O2/c1-4-7-19(26)15-10-16(28(13-15)9-6-8-22(23,24)25)11-17-14(3)18(12-27)21(31)29(5-2)20(17)30/h10-11,13,19H,4-9H2,1-3H3/b17-11+. The molecule has 2 rings (SSSR count). The normalized spacial score (nSPS) is 17.5.